The van der Waals surface area contributed by atoms with E-state index in [9.17, 15) is 13.5 Å². The highest BCUT2D eigenvalue weighted by molar-refractivity contribution is 14.1. The van der Waals surface area contributed by atoms with Gasteiger partial charge in [-0.2, -0.15) is 0 Å². The molecule has 0 radical (unpaired) electrons. The van der Waals surface area contributed by atoms with Crippen LogP contribution in [0, 0.1) is 12.3 Å². The van der Waals surface area contributed by atoms with Gasteiger partial charge in [0.05, 0.1) is 29.2 Å². The van der Waals surface area contributed by atoms with E-state index in [1.54, 1.807) is 12.3 Å². The standard InChI is InChI=1S/C23H30ClIN6O4S2/c1-13-22(36-16-3-6-27-21(17(16)24)31-9-14(10-31)37(2,33)34)29-15(11-32)20(28-13)30-7-4-23(5-8-30)12-35-19(25)18(23)26/h3,6,14,18-19,32H,4-5,7-12,26H2,1-2H3/t18-,19-/m1/s1. The van der Waals surface area contributed by atoms with E-state index in [-0.39, 0.29) is 22.2 Å². The monoisotopic (exact) mass is 680 g/mol. The van der Waals surface area contributed by atoms with Gasteiger partial charge in [0, 0.05) is 55.0 Å². The molecule has 0 bridgehead atoms. The fourth-order valence-corrected chi connectivity index (χ4v) is 8.10. The number of nitrogens with two attached hydrogens (primary N) is 1. The molecule has 14 heteroatoms. The molecule has 3 saturated heterocycles. The quantitative estimate of drug-likeness (QED) is 0.344. The number of anilines is 2. The minimum Gasteiger partial charge on any atom is -0.390 e. The smallest absolute Gasteiger partial charge is 0.153 e. The van der Waals surface area contributed by atoms with Gasteiger partial charge in [-0.05, 0) is 48.4 Å². The normalized spacial score (nSPS) is 24.1. The van der Waals surface area contributed by atoms with Gasteiger partial charge in [0.25, 0.3) is 0 Å². The summed E-state index contributed by atoms with van der Waals surface area (Å²) in [5, 5.41) is 10.8. The molecule has 0 amide bonds. The van der Waals surface area contributed by atoms with E-state index in [4.69, 9.17) is 32.0 Å². The molecule has 3 aliphatic rings. The Kier molecular flexibility index (Phi) is 7.86. The van der Waals surface area contributed by atoms with Crippen LogP contribution in [0.4, 0.5) is 11.6 Å². The van der Waals surface area contributed by atoms with Crippen LogP contribution in [-0.4, -0.2) is 82.9 Å². The van der Waals surface area contributed by atoms with Gasteiger partial charge in [-0.1, -0.05) is 23.4 Å². The minimum atomic E-state index is -3.09. The number of hydrogen-bond acceptors (Lipinski definition) is 11. The van der Waals surface area contributed by atoms with E-state index in [1.165, 1.54) is 18.0 Å². The highest BCUT2D eigenvalue weighted by Crippen LogP contribution is 2.44. The largest absolute Gasteiger partial charge is 0.390 e. The van der Waals surface area contributed by atoms with Crippen molar-refractivity contribution in [1.82, 2.24) is 15.0 Å². The molecule has 5 heterocycles. The number of pyridine rings is 1. The summed E-state index contributed by atoms with van der Waals surface area (Å²) in [6.45, 7) is 4.64. The van der Waals surface area contributed by atoms with Crippen LogP contribution in [0.3, 0.4) is 0 Å². The number of alkyl halides is 1. The molecule has 0 saturated carbocycles. The predicted molar refractivity (Wildman–Crippen MR) is 153 cm³/mol. The summed E-state index contributed by atoms with van der Waals surface area (Å²) >= 11 is 10.3. The number of rotatable bonds is 6. The maximum Gasteiger partial charge on any atom is 0.153 e. The molecule has 10 nitrogen and oxygen atoms in total. The SMILES string of the molecule is Cc1nc(N2CCC3(CC2)CO[C@@H](I)[C@H]3N)c(CO)nc1Sc1ccnc(N2CC(S(C)(=O)=O)C2)c1Cl. The minimum absolute atomic E-state index is 0.00635. The predicted octanol–water partition coefficient (Wildman–Crippen LogP) is 2.42. The number of aromatic nitrogens is 3. The van der Waals surface area contributed by atoms with Crippen LogP contribution >= 0.6 is 46.0 Å². The summed E-state index contributed by atoms with van der Waals surface area (Å²) in [5.41, 5.74) is 7.71. The van der Waals surface area contributed by atoms with Crippen molar-refractivity contribution >= 4 is 67.4 Å². The zero-order valence-electron chi connectivity index (χ0n) is 20.6. The highest BCUT2D eigenvalue weighted by Gasteiger charge is 2.48. The van der Waals surface area contributed by atoms with Crippen molar-refractivity contribution in [1.29, 1.82) is 0 Å². The van der Waals surface area contributed by atoms with Crippen molar-refractivity contribution in [3.05, 3.63) is 28.7 Å². The molecule has 3 fully saturated rings. The lowest BCUT2D eigenvalue weighted by atomic mass is 9.75. The molecular formula is C23H30ClIN6O4S2. The molecule has 3 N–H and O–H groups in total. The molecule has 3 aliphatic heterocycles. The zero-order chi connectivity index (χ0) is 26.5. The second-order valence-electron chi connectivity index (χ2n) is 9.99. The number of nitrogens with zero attached hydrogens (tertiary/aromatic N) is 5. The van der Waals surface area contributed by atoms with Gasteiger partial charge >= 0.3 is 0 Å². The number of hydrogen-bond donors (Lipinski definition) is 2. The Bertz CT molecular complexity index is 1290. The highest BCUT2D eigenvalue weighted by atomic mass is 127. The maximum absolute atomic E-state index is 11.8. The van der Waals surface area contributed by atoms with Crippen LogP contribution in [0.2, 0.25) is 5.02 Å². The summed E-state index contributed by atoms with van der Waals surface area (Å²) in [4.78, 5) is 18.8. The molecule has 0 aliphatic carbocycles. The van der Waals surface area contributed by atoms with Crippen LogP contribution in [0.5, 0.6) is 0 Å². The van der Waals surface area contributed by atoms with Crippen molar-refractivity contribution in [2.75, 3.05) is 48.8 Å². The third kappa shape index (κ3) is 5.29. The average Bonchev–Trinajstić information content (AvgIpc) is 3.09. The number of ether oxygens (including phenoxy) is 1. The molecule has 2 atom stereocenters. The van der Waals surface area contributed by atoms with Gasteiger partial charge in [-0.3, -0.25) is 0 Å². The summed E-state index contributed by atoms with van der Waals surface area (Å²) in [6.07, 6.45) is 4.72. The Labute approximate surface area is 239 Å². The Morgan fingerprint density at radius 1 is 1.27 bits per heavy atom. The van der Waals surface area contributed by atoms with Crippen LogP contribution in [0.15, 0.2) is 22.2 Å². The Morgan fingerprint density at radius 2 is 1.97 bits per heavy atom. The van der Waals surface area contributed by atoms with E-state index >= 15 is 0 Å². The fraction of sp³-hybridized carbons (Fsp3) is 0.609. The van der Waals surface area contributed by atoms with Crippen molar-refractivity contribution in [3.63, 3.8) is 0 Å². The van der Waals surface area contributed by atoms with Gasteiger partial charge in [0.15, 0.2) is 15.7 Å². The fourth-order valence-electron chi connectivity index (χ4n) is 5.05. The van der Waals surface area contributed by atoms with Gasteiger partial charge in [-0.25, -0.2) is 23.4 Å². The molecule has 1 spiro atoms. The average molecular weight is 681 g/mol. The Hall–Kier alpha value is -0.970. The van der Waals surface area contributed by atoms with Gasteiger partial charge in [0.2, 0.25) is 0 Å². The molecule has 37 heavy (non-hydrogen) atoms. The first-order valence-corrected chi connectivity index (χ1v) is 16.4. The summed E-state index contributed by atoms with van der Waals surface area (Å²) in [5.74, 6) is 1.26. The number of piperidine rings is 1. The van der Waals surface area contributed by atoms with Crippen LogP contribution < -0.4 is 15.5 Å². The first kappa shape index (κ1) is 27.6. The van der Waals surface area contributed by atoms with Gasteiger partial charge < -0.3 is 25.4 Å². The zero-order valence-corrected chi connectivity index (χ0v) is 25.1. The second kappa shape index (κ2) is 10.5. The van der Waals surface area contributed by atoms with E-state index in [0.29, 0.717) is 47.1 Å². The van der Waals surface area contributed by atoms with Crippen molar-refractivity contribution in [3.8, 4) is 0 Å². The third-order valence-electron chi connectivity index (χ3n) is 7.60. The lowest BCUT2D eigenvalue weighted by molar-refractivity contribution is 0.127. The molecule has 2 aromatic rings. The lowest BCUT2D eigenvalue weighted by Crippen LogP contribution is -2.55. The van der Waals surface area contributed by atoms with E-state index in [0.717, 1.165) is 36.5 Å². The summed E-state index contributed by atoms with van der Waals surface area (Å²) < 4.78 is 29.4. The van der Waals surface area contributed by atoms with E-state index in [2.05, 4.69) is 32.5 Å². The maximum atomic E-state index is 11.8. The van der Waals surface area contributed by atoms with Crippen molar-refractivity contribution in [2.24, 2.45) is 11.1 Å². The molecule has 2 aromatic heterocycles. The van der Waals surface area contributed by atoms with E-state index in [1.807, 2.05) is 11.8 Å². The molecule has 202 valence electrons. The second-order valence-corrected chi connectivity index (χ2v) is 14.9. The number of aryl methyl sites for hydroxylation is 1. The number of aliphatic hydroxyl groups is 1. The first-order valence-electron chi connectivity index (χ1n) is 12.0. The third-order valence-corrected chi connectivity index (χ3v) is 11.9. The molecular weight excluding hydrogens is 651 g/mol. The lowest BCUT2D eigenvalue weighted by Gasteiger charge is -2.41. The molecule has 0 unspecified atom stereocenters. The topological polar surface area (TPSA) is 135 Å². The Morgan fingerprint density at radius 3 is 2.57 bits per heavy atom. The van der Waals surface area contributed by atoms with E-state index < -0.39 is 15.1 Å². The van der Waals surface area contributed by atoms with Gasteiger partial charge in [-0.15, -0.1) is 0 Å². The molecule has 5 rings (SSSR count). The number of halogens is 2. The number of aliphatic hydroxyl groups excluding tert-OH is 1. The Balaban J connectivity index is 1.32. The van der Waals surface area contributed by atoms with Crippen molar-refractivity contribution < 1.29 is 18.3 Å². The number of sulfone groups is 1. The summed E-state index contributed by atoms with van der Waals surface area (Å²) in [6, 6.07) is 1.82. The van der Waals surface area contributed by atoms with Crippen molar-refractivity contribution in [2.45, 2.75) is 51.7 Å². The molecule has 0 aromatic carbocycles. The van der Waals surface area contributed by atoms with Crippen LogP contribution in [0.1, 0.15) is 24.2 Å². The van der Waals surface area contributed by atoms with Crippen LogP contribution in [-0.2, 0) is 21.2 Å². The first-order chi connectivity index (χ1) is 17.5. The summed E-state index contributed by atoms with van der Waals surface area (Å²) in [7, 11) is -3.09. The van der Waals surface area contributed by atoms with Gasteiger partial charge in [0.1, 0.15) is 20.6 Å². The van der Waals surface area contributed by atoms with Crippen LogP contribution in [0.25, 0.3) is 0 Å².